The maximum Gasteiger partial charge on any atom is 0.333 e. The van der Waals surface area contributed by atoms with Crippen molar-refractivity contribution in [1.29, 1.82) is 0 Å². The van der Waals surface area contributed by atoms with Crippen LogP contribution in [-0.2, 0) is 92.2 Å². The van der Waals surface area contributed by atoms with Gasteiger partial charge in [-0.25, -0.2) is 19.0 Å². The number of rotatable bonds is 30. The van der Waals surface area contributed by atoms with Gasteiger partial charge in [-0.3, -0.25) is 24.4 Å². The van der Waals surface area contributed by atoms with E-state index in [1.54, 1.807) is 0 Å². The number of aromatic amines is 2. The normalized spacial score (nSPS) is 17.6. The van der Waals surface area contributed by atoms with Crippen LogP contribution in [0.1, 0.15) is 80.5 Å². The molecule has 1 fully saturated rings. The van der Waals surface area contributed by atoms with Gasteiger partial charge < -0.3 is 42.6 Å². The Bertz CT molecular complexity index is 10800. The second-order valence-electron chi connectivity index (χ2n) is 41.8. The Hall–Kier alpha value is -17.4. The van der Waals surface area contributed by atoms with Crippen molar-refractivity contribution in [3.63, 3.8) is 0 Å². The summed E-state index contributed by atoms with van der Waals surface area (Å²) in [6, 6.07) is 57.0. The van der Waals surface area contributed by atoms with E-state index in [-0.39, 0.29) is 58.8 Å². The van der Waals surface area contributed by atoms with Gasteiger partial charge in [0.25, 0.3) is 0 Å². The third-order valence-electron chi connectivity index (χ3n) is 36.5. The number of esters is 3. The number of nitrogens with zero attached hydrogens (tertiary/aromatic N) is 1. The standard InChI is InChI=1S/C122H57N3O15/c126-56(140-42-49-31-54(138-40-47-27-50(134-36-43-15-5-1-6-16-43)33-51(28-47)135-37-44-17-7-2-8-18-44)35-55(32-49)139-41-48-29-52(136-38-45-19-9-3-10-20-45)34-53(30-48)137-39-46-21-11-4-12-22-46)23-13-25-132-115(127)122(116(128)133-26-14-24-125-118(130)123-117(129)124-119(125)131)120-111-103-95-85-75-67-59-57-58-61-65-63(59)71-79-73(65)83-77-69(61)70-62(58)66-64-60(57)68(67)76-82-72(64)80-74(66)84-78(70)88-87(77)97-91(83)101-93(79)99(89(95)81(71)75)107(111)109(101)113-105(97)106-98(88)92(84)102-94(80)100-90(82)96(86(76)85)104(103)112(120)108(100)110(102)114(106)121(113,120)122/h1-12,15-22,27-35H,13-14,23-26,36-42H2,(H2,123,124,129,130,131). The summed E-state index contributed by atoms with van der Waals surface area (Å²) in [4.78, 5) is 95.5. The average Bonchev–Trinajstić information content (AvgIpc) is 1.35. The zero-order valence-corrected chi connectivity index (χ0v) is 73.5. The molecule has 0 saturated heterocycles. The van der Waals surface area contributed by atoms with Crippen molar-refractivity contribution in [3.8, 4) is 34.5 Å². The van der Waals surface area contributed by atoms with E-state index in [0.717, 1.165) is 103 Å². The molecule has 36 aromatic rings. The summed E-state index contributed by atoms with van der Waals surface area (Å²) in [5.41, 5.74) is 2.53. The summed E-state index contributed by atoms with van der Waals surface area (Å²) in [5.74, 6) is 1.25. The number of carbonyl (C=O) groups excluding carboxylic acids is 3. The van der Waals surface area contributed by atoms with E-state index in [1.165, 1.54) is 248 Å². The first-order chi connectivity index (χ1) is 69.0. The van der Waals surface area contributed by atoms with Crippen LogP contribution in [0.15, 0.2) is 190 Å². The lowest BCUT2D eigenvalue weighted by atomic mass is 9.68. The molecule has 0 bridgehead atoms. The summed E-state index contributed by atoms with van der Waals surface area (Å²) < 4.78 is 61.1. The van der Waals surface area contributed by atoms with Crippen LogP contribution in [0.5, 0.6) is 34.5 Å². The van der Waals surface area contributed by atoms with Gasteiger partial charge in [0, 0.05) is 31.2 Å². The molecule has 140 heavy (non-hydrogen) atoms. The van der Waals surface area contributed by atoms with Crippen LogP contribution in [0, 0.1) is 5.41 Å². The third kappa shape index (κ3) is 6.47. The van der Waals surface area contributed by atoms with Crippen LogP contribution in [0.4, 0.5) is 0 Å². The molecule has 0 unspecified atom stereocenters. The molecule has 2 spiro atoms. The van der Waals surface area contributed by atoms with E-state index in [9.17, 15) is 14.4 Å². The first-order valence-corrected chi connectivity index (χ1v) is 48.6. The van der Waals surface area contributed by atoms with Crippen LogP contribution < -0.4 is 45.5 Å². The second-order valence-corrected chi connectivity index (χ2v) is 41.8. The lowest BCUT2D eigenvalue weighted by Crippen LogP contribution is -2.43. The molecular weight excluding hydrogens is 1750 g/mol. The van der Waals surface area contributed by atoms with Crippen molar-refractivity contribution in [1.82, 2.24) is 14.5 Å². The summed E-state index contributed by atoms with van der Waals surface area (Å²) in [7, 11) is 0. The van der Waals surface area contributed by atoms with Crippen LogP contribution >= 0.6 is 0 Å². The number of benzene rings is 25. The quantitative estimate of drug-likeness (QED) is 0.0140. The predicted molar refractivity (Wildman–Crippen MR) is 545 cm³/mol. The van der Waals surface area contributed by atoms with E-state index in [2.05, 4.69) is 9.97 Å². The third-order valence-corrected chi connectivity index (χ3v) is 36.5. The molecule has 0 amide bonds. The molecule has 0 aliphatic heterocycles. The number of hydrogen-bond acceptors (Lipinski definition) is 15. The Kier molecular flexibility index (Phi) is 10.6. The zero-order valence-electron chi connectivity index (χ0n) is 73.5. The van der Waals surface area contributed by atoms with Gasteiger partial charge in [0.1, 0.15) is 80.7 Å². The molecule has 41 rings (SSSR count). The molecule has 1 saturated carbocycles. The van der Waals surface area contributed by atoms with Crippen LogP contribution in [0.25, 0.3) is 291 Å². The molecule has 18 nitrogen and oxygen atoms in total. The highest BCUT2D eigenvalue weighted by molar-refractivity contribution is 6.83. The number of hydrogen-bond donors (Lipinski definition) is 2. The molecule has 650 valence electrons. The Morgan fingerprint density at radius 2 is 0.443 bits per heavy atom. The molecular formula is C122H57N3O15. The van der Waals surface area contributed by atoms with E-state index in [1.807, 2.05) is 176 Å². The van der Waals surface area contributed by atoms with Crippen LogP contribution in [0.2, 0.25) is 0 Å². The predicted octanol–water partition coefficient (Wildman–Crippen LogP) is 25.0. The van der Waals surface area contributed by atoms with Gasteiger partial charge in [0.2, 0.25) is 0 Å². The average molecular weight is 1800 g/mol. The molecule has 0 atom stereocenters. The zero-order chi connectivity index (χ0) is 90.0. The number of nitrogens with one attached hydrogen (secondary N) is 2. The van der Waals surface area contributed by atoms with Gasteiger partial charge in [-0.15, -0.1) is 0 Å². The van der Waals surface area contributed by atoms with Crippen LogP contribution in [0.3, 0.4) is 0 Å². The fourth-order valence-electron chi connectivity index (χ4n) is 33.1. The number of aromatic nitrogens is 3. The van der Waals surface area contributed by atoms with E-state index in [4.69, 9.17) is 42.6 Å². The van der Waals surface area contributed by atoms with Crippen LogP contribution in [-0.4, -0.2) is 45.7 Å². The number of ether oxygens (including phenoxy) is 9. The van der Waals surface area contributed by atoms with Crippen molar-refractivity contribution >= 4 is 309 Å². The largest absolute Gasteiger partial charge is 0.489 e. The Morgan fingerprint density at radius 3 is 0.679 bits per heavy atom. The maximum absolute atomic E-state index is 18.3. The van der Waals surface area contributed by atoms with Gasteiger partial charge in [-0.05, 0) is 401 Å². The minimum absolute atomic E-state index is 0.0178. The lowest BCUT2D eigenvalue weighted by Gasteiger charge is -2.32. The number of H-pyrrole nitrogens is 2. The Balaban J connectivity index is 0.474. The minimum Gasteiger partial charge on any atom is -0.489 e. The maximum atomic E-state index is 18.3. The summed E-state index contributed by atoms with van der Waals surface area (Å²) >= 11 is 0. The molecule has 5 aliphatic rings. The summed E-state index contributed by atoms with van der Waals surface area (Å²) in [6.45, 7) is 0.528. The number of carbonyl (C=O) groups is 3. The molecule has 18 heteroatoms. The first kappa shape index (κ1) is 69.4. The topological polar surface area (TPSA) is 222 Å². The van der Waals surface area contributed by atoms with Crippen molar-refractivity contribution in [3.05, 3.63) is 269 Å². The molecule has 2 N–H and O–H groups in total. The molecule has 1 heterocycles. The lowest BCUT2D eigenvalue weighted by molar-refractivity contribution is -0.167. The monoisotopic (exact) mass is 1800 g/mol. The Labute approximate surface area is 779 Å². The molecule has 0 radical (unpaired) electrons. The smallest absolute Gasteiger partial charge is 0.333 e. The van der Waals surface area contributed by atoms with Crippen molar-refractivity contribution in [2.75, 3.05) is 13.2 Å². The van der Waals surface area contributed by atoms with Gasteiger partial charge in [0.05, 0.1) is 24.0 Å². The fourth-order valence-corrected chi connectivity index (χ4v) is 33.1. The first-order valence-electron chi connectivity index (χ1n) is 48.6. The molecule has 1 aromatic heterocycles. The van der Waals surface area contributed by atoms with Gasteiger partial charge >= 0.3 is 35.0 Å². The minimum atomic E-state index is -2.17. The second kappa shape index (κ2) is 21.4. The van der Waals surface area contributed by atoms with Gasteiger partial charge in [-0.1, -0.05) is 121 Å². The highest BCUT2D eigenvalue weighted by atomic mass is 16.6. The SMILES string of the molecule is O=C(CCCOC(=O)C1(C(=O)OCCCn2c(=O)[nH]c(=O)[nH]c2=O)C23c4c5c6c7c8c9c(c%10c%11c2c2c4c4c%12c5c5c6c6c8c8c%13c9c9c%10c%10c%11c%11c2c2c4c4c%12c%12c5c5c6c8c6c8c%13c9c9c%10c%10c%11c2c2c4c4c%12c5c6c5c8c9c%10c2c45)C713)OCc1cc(OCc2cc(OCc3ccccc3)cc(OCc3ccccc3)c2)cc(OCc2cc(OCc3ccccc3)cc(OCc3ccccc3)c2)c1. The molecule has 35 aromatic carbocycles. The van der Waals surface area contributed by atoms with Gasteiger partial charge in [-0.2, -0.15) is 0 Å². The van der Waals surface area contributed by atoms with E-state index >= 15 is 14.4 Å². The van der Waals surface area contributed by atoms with E-state index < -0.39 is 51.2 Å². The highest BCUT2D eigenvalue weighted by Gasteiger charge is 3.01. The molecule has 5 aliphatic carbocycles. The summed E-state index contributed by atoms with van der Waals surface area (Å²) in [5, 5.41) is 72.3. The summed E-state index contributed by atoms with van der Waals surface area (Å²) in [6.07, 6.45) is -0.153. The fraction of sp³-hybridized carbons (Fsp3) is 0.131. The van der Waals surface area contributed by atoms with Crippen molar-refractivity contribution < 1.29 is 57.0 Å². The van der Waals surface area contributed by atoms with Crippen molar-refractivity contribution in [2.45, 2.75) is 82.9 Å². The van der Waals surface area contributed by atoms with Crippen molar-refractivity contribution in [2.24, 2.45) is 5.41 Å². The van der Waals surface area contributed by atoms with E-state index in [0.29, 0.717) is 66.5 Å². The Morgan fingerprint density at radius 1 is 0.236 bits per heavy atom. The highest BCUT2D eigenvalue weighted by Crippen LogP contribution is 2.97. The van der Waals surface area contributed by atoms with Gasteiger partial charge in [0.15, 0.2) is 5.41 Å².